The van der Waals surface area contributed by atoms with Crippen molar-refractivity contribution in [2.24, 2.45) is 16.6 Å². The van der Waals surface area contributed by atoms with Gasteiger partial charge in [-0.2, -0.15) is 0 Å². The average molecular weight is 190 g/mol. The van der Waals surface area contributed by atoms with Crippen molar-refractivity contribution in [2.45, 2.75) is 0 Å². The maximum absolute atomic E-state index is 5.72. The van der Waals surface area contributed by atoms with E-state index >= 15 is 0 Å². The van der Waals surface area contributed by atoms with E-state index in [1.54, 1.807) is 6.08 Å². The van der Waals surface area contributed by atoms with Crippen molar-refractivity contribution in [1.29, 1.82) is 0 Å². The Labute approximate surface area is 83.5 Å². The summed E-state index contributed by atoms with van der Waals surface area (Å²) in [6, 6.07) is 9.40. The van der Waals surface area contributed by atoms with Crippen molar-refractivity contribution < 1.29 is 0 Å². The smallest absolute Gasteiger partial charge is 0.210 e. The minimum atomic E-state index is 0.274. The van der Waals surface area contributed by atoms with Crippen molar-refractivity contribution >= 4 is 11.6 Å². The molecule has 74 valence electrons. The second-order valence-corrected chi connectivity index (χ2v) is 2.69. The van der Waals surface area contributed by atoms with E-state index in [9.17, 15) is 0 Å². The lowest BCUT2D eigenvalue weighted by molar-refractivity contribution is 1.08. The Balaban J connectivity index is 2.75. The molecule has 0 bridgehead atoms. The Morgan fingerprint density at radius 1 is 1.43 bits per heavy atom. The van der Waals surface area contributed by atoms with Crippen LogP contribution in [0.4, 0.5) is 5.69 Å². The van der Waals surface area contributed by atoms with Gasteiger partial charge in [0.05, 0.1) is 12.2 Å². The molecular weight excluding hydrogens is 176 g/mol. The van der Waals surface area contributed by atoms with Crippen LogP contribution in [0, 0.1) is 0 Å². The first-order chi connectivity index (χ1) is 6.75. The molecule has 0 unspecified atom stereocenters. The molecule has 0 spiro atoms. The highest BCUT2D eigenvalue weighted by molar-refractivity contribution is 5.93. The van der Waals surface area contributed by atoms with Crippen LogP contribution in [0.2, 0.25) is 0 Å². The molecule has 0 aromatic heterocycles. The first-order valence-corrected chi connectivity index (χ1v) is 4.26. The van der Waals surface area contributed by atoms with Gasteiger partial charge in [0.25, 0.3) is 0 Å². The van der Waals surface area contributed by atoms with Crippen LogP contribution >= 0.6 is 0 Å². The molecule has 0 aliphatic rings. The summed E-state index contributed by atoms with van der Waals surface area (Å²) in [7, 11) is 0. The maximum atomic E-state index is 5.72. The topological polar surface area (TPSA) is 67.6 Å². The van der Waals surface area contributed by atoms with Gasteiger partial charge in [-0.15, -0.1) is 6.58 Å². The molecule has 0 aliphatic carbocycles. The van der Waals surface area contributed by atoms with Gasteiger partial charge in [-0.05, 0) is 12.1 Å². The third kappa shape index (κ3) is 2.60. The molecule has 1 rings (SSSR count). The summed E-state index contributed by atoms with van der Waals surface area (Å²) < 4.78 is 0. The first-order valence-electron chi connectivity index (χ1n) is 4.26. The van der Waals surface area contributed by atoms with Crippen molar-refractivity contribution in [3.63, 3.8) is 0 Å². The van der Waals surface area contributed by atoms with Crippen molar-refractivity contribution in [3.8, 4) is 0 Å². The normalized spacial score (nSPS) is 11.1. The lowest BCUT2D eigenvalue weighted by Gasteiger charge is -2.16. The van der Waals surface area contributed by atoms with E-state index in [0.717, 1.165) is 5.69 Å². The number of guanidine groups is 1. The lowest BCUT2D eigenvalue weighted by Crippen LogP contribution is -2.43. The Morgan fingerprint density at radius 2 is 2.07 bits per heavy atom. The largest absolute Gasteiger partial charge is 0.368 e. The van der Waals surface area contributed by atoms with Gasteiger partial charge in [0.15, 0.2) is 0 Å². The van der Waals surface area contributed by atoms with Crippen LogP contribution < -0.4 is 16.6 Å². The van der Waals surface area contributed by atoms with Gasteiger partial charge in [-0.3, -0.25) is 0 Å². The van der Waals surface area contributed by atoms with E-state index in [1.807, 2.05) is 30.3 Å². The molecule has 4 nitrogen and oxygen atoms in total. The molecule has 0 amide bonds. The summed E-state index contributed by atoms with van der Waals surface area (Å²) >= 11 is 0. The predicted octanol–water partition coefficient (Wildman–Crippen LogP) is 0.867. The summed E-state index contributed by atoms with van der Waals surface area (Å²) in [5, 5.41) is 1.34. The second-order valence-electron chi connectivity index (χ2n) is 2.69. The summed E-state index contributed by atoms with van der Waals surface area (Å²) in [5.74, 6) is 6.00. The molecule has 0 atom stereocenters. The Morgan fingerprint density at radius 3 is 2.64 bits per heavy atom. The molecule has 0 saturated carbocycles. The number of nitrogens with zero attached hydrogens (tertiary/aromatic N) is 2. The number of hydrazine groups is 1. The van der Waals surface area contributed by atoms with Gasteiger partial charge < -0.3 is 5.73 Å². The maximum Gasteiger partial charge on any atom is 0.210 e. The molecular formula is C10H14N4. The zero-order valence-corrected chi connectivity index (χ0v) is 7.93. The van der Waals surface area contributed by atoms with Crippen molar-refractivity contribution in [1.82, 2.24) is 0 Å². The highest BCUT2D eigenvalue weighted by Gasteiger charge is 2.03. The zero-order chi connectivity index (χ0) is 10.4. The summed E-state index contributed by atoms with van der Waals surface area (Å²) in [5.41, 5.74) is 6.44. The number of nitrogens with two attached hydrogens (primary N) is 2. The fraction of sp³-hybridized carbons (Fsp3) is 0.100. The van der Waals surface area contributed by atoms with Crippen LogP contribution in [0.5, 0.6) is 0 Å². The van der Waals surface area contributed by atoms with E-state index in [1.165, 1.54) is 5.01 Å². The lowest BCUT2D eigenvalue weighted by atomic mass is 10.3. The standard InChI is InChI=1S/C10H14N4/c1-2-8-13-10(11)14(12)9-6-4-3-5-7-9/h2-7H,1,8,12H2,(H2,11,13). The molecule has 4 N–H and O–H groups in total. The SMILES string of the molecule is C=CCN=C(N)N(N)c1ccccc1. The second kappa shape index (κ2) is 5.04. The Kier molecular flexibility index (Phi) is 3.69. The summed E-state index contributed by atoms with van der Waals surface area (Å²) in [6.45, 7) is 4.01. The van der Waals surface area contributed by atoms with Gasteiger partial charge in [0, 0.05) is 0 Å². The van der Waals surface area contributed by atoms with Crippen LogP contribution in [0.1, 0.15) is 0 Å². The monoisotopic (exact) mass is 190 g/mol. The number of aliphatic imine (C=N–C) groups is 1. The average Bonchev–Trinajstić information content (AvgIpc) is 2.26. The van der Waals surface area contributed by atoms with Gasteiger partial charge in [0.1, 0.15) is 0 Å². The number of benzene rings is 1. The van der Waals surface area contributed by atoms with Crippen LogP contribution in [0.3, 0.4) is 0 Å². The number of hydrogen-bond acceptors (Lipinski definition) is 2. The Hall–Kier alpha value is -1.81. The third-order valence-corrected chi connectivity index (χ3v) is 1.66. The van der Waals surface area contributed by atoms with Crippen molar-refractivity contribution in [3.05, 3.63) is 43.0 Å². The molecule has 0 heterocycles. The van der Waals surface area contributed by atoms with Crippen LogP contribution in [-0.2, 0) is 0 Å². The molecule has 1 aromatic rings. The van der Waals surface area contributed by atoms with Crippen molar-refractivity contribution in [2.75, 3.05) is 11.6 Å². The quantitative estimate of drug-likeness (QED) is 0.244. The molecule has 4 heteroatoms. The molecule has 14 heavy (non-hydrogen) atoms. The van der Waals surface area contributed by atoms with Crippen LogP contribution in [-0.4, -0.2) is 12.5 Å². The molecule has 0 fully saturated rings. The van der Waals surface area contributed by atoms with Gasteiger partial charge in [-0.1, -0.05) is 24.3 Å². The van der Waals surface area contributed by atoms with Crippen LogP contribution in [0.25, 0.3) is 0 Å². The van der Waals surface area contributed by atoms with E-state index in [-0.39, 0.29) is 5.96 Å². The number of para-hydroxylation sites is 1. The summed E-state index contributed by atoms with van der Waals surface area (Å²) in [6.07, 6.45) is 1.66. The van der Waals surface area contributed by atoms with E-state index in [2.05, 4.69) is 11.6 Å². The minimum Gasteiger partial charge on any atom is -0.368 e. The van der Waals surface area contributed by atoms with Crippen LogP contribution in [0.15, 0.2) is 48.0 Å². The molecule has 0 radical (unpaired) electrons. The van der Waals surface area contributed by atoms with Gasteiger partial charge >= 0.3 is 0 Å². The molecule has 0 saturated heterocycles. The molecule has 0 aliphatic heterocycles. The number of hydrogen-bond donors (Lipinski definition) is 2. The number of rotatable bonds is 3. The summed E-state index contributed by atoms with van der Waals surface area (Å²) in [4.78, 5) is 4.00. The predicted molar refractivity (Wildman–Crippen MR) is 59.8 cm³/mol. The third-order valence-electron chi connectivity index (χ3n) is 1.66. The van der Waals surface area contributed by atoms with E-state index < -0.39 is 0 Å². The number of anilines is 1. The highest BCUT2D eigenvalue weighted by Crippen LogP contribution is 2.08. The van der Waals surface area contributed by atoms with Gasteiger partial charge in [-0.25, -0.2) is 15.8 Å². The van der Waals surface area contributed by atoms with E-state index in [4.69, 9.17) is 11.6 Å². The zero-order valence-electron chi connectivity index (χ0n) is 7.93. The van der Waals surface area contributed by atoms with Gasteiger partial charge in [0.2, 0.25) is 5.96 Å². The molecule has 1 aromatic carbocycles. The first kappa shape index (κ1) is 10.3. The fourth-order valence-corrected chi connectivity index (χ4v) is 0.955. The minimum absolute atomic E-state index is 0.274. The van der Waals surface area contributed by atoms with E-state index in [0.29, 0.717) is 6.54 Å². The fourth-order valence-electron chi connectivity index (χ4n) is 0.955. The highest BCUT2D eigenvalue weighted by atomic mass is 15.5. The Bertz CT molecular complexity index is 318.